The molecule has 25 heavy (non-hydrogen) atoms. The molecule has 0 unspecified atom stereocenters. The molecule has 5 nitrogen and oxygen atoms in total. The summed E-state index contributed by atoms with van der Waals surface area (Å²) in [6.07, 6.45) is 1.82. The maximum atomic E-state index is 12.8. The van der Waals surface area contributed by atoms with Gasteiger partial charge in [0.15, 0.2) is 0 Å². The third-order valence-corrected chi connectivity index (χ3v) is 5.08. The molecule has 2 aromatic heterocycles. The van der Waals surface area contributed by atoms with Gasteiger partial charge >= 0.3 is 0 Å². The van der Waals surface area contributed by atoms with E-state index in [4.69, 9.17) is 0 Å². The minimum Gasteiger partial charge on any atom is -0.350 e. The maximum absolute atomic E-state index is 12.8. The minimum absolute atomic E-state index is 0.0739. The number of hydrogen-bond acceptors (Lipinski definition) is 3. The number of aromatic nitrogens is 2. The third kappa shape index (κ3) is 3.60. The first-order chi connectivity index (χ1) is 12.2. The predicted octanol–water partition coefficient (Wildman–Crippen LogP) is 3.28. The summed E-state index contributed by atoms with van der Waals surface area (Å²) in [6.45, 7) is 4.06. The Kier molecular flexibility index (Phi) is 4.55. The van der Waals surface area contributed by atoms with Crippen LogP contribution in [-0.4, -0.2) is 51.9 Å². The molecule has 1 amide bonds. The van der Waals surface area contributed by atoms with Crippen molar-refractivity contribution < 1.29 is 4.79 Å². The molecular weight excluding hydrogens is 380 g/mol. The van der Waals surface area contributed by atoms with Crippen LogP contribution in [0.3, 0.4) is 0 Å². The van der Waals surface area contributed by atoms with E-state index in [1.807, 2.05) is 53.6 Å². The van der Waals surface area contributed by atoms with Crippen molar-refractivity contribution in [2.45, 2.75) is 6.54 Å². The fourth-order valence-electron chi connectivity index (χ4n) is 3.21. The maximum Gasteiger partial charge on any atom is 0.270 e. The van der Waals surface area contributed by atoms with Crippen molar-refractivity contribution >= 4 is 32.7 Å². The molecule has 0 atom stereocenters. The van der Waals surface area contributed by atoms with E-state index in [-0.39, 0.29) is 5.91 Å². The SMILES string of the molecule is O=C(c1cc2ccc(Br)cc2[nH]1)N1CCN(Cc2ccccn2)CC1. The summed E-state index contributed by atoms with van der Waals surface area (Å²) in [7, 11) is 0. The Bertz CT molecular complexity index is 885. The molecule has 128 valence electrons. The van der Waals surface area contributed by atoms with Gasteiger partial charge in [-0.15, -0.1) is 0 Å². The van der Waals surface area contributed by atoms with Gasteiger partial charge in [-0.05, 0) is 30.3 Å². The van der Waals surface area contributed by atoms with Gasteiger partial charge in [-0.3, -0.25) is 14.7 Å². The number of H-pyrrole nitrogens is 1. The Labute approximate surface area is 154 Å². The summed E-state index contributed by atoms with van der Waals surface area (Å²) in [5.41, 5.74) is 2.71. The summed E-state index contributed by atoms with van der Waals surface area (Å²) in [5.74, 6) is 0.0739. The standard InChI is InChI=1S/C19H19BrN4O/c20-15-5-4-14-11-18(22-17(14)12-15)19(25)24-9-7-23(8-10-24)13-16-3-1-2-6-21-16/h1-6,11-12,22H,7-10,13H2. The number of rotatable bonds is 3. The smallest absolute Gasteiger partial charge is 0.270 e. The van der Waals surface area contributed by atoms with Crippen LogP contribution in [0.15, 0.2) is 53.1 Å². The highest BCUT2D eigenvalue weighted by molar-refractivity contribution is 9.10. The molecule has 0 spiro atoms. The molecule has 1 N–H and O–H groups in total. The topological polar surface area (TPSA) is 52.2 Å². The van der Waals surface area contributed by atoms with Gasteiger partial charge in [0.2, 0.25) is 0 Å². The number of amides is 1. The highest BCUT2D eigenvalue weighted by atomic mass is 79.9. The largest absolute Gasteiger partial charge is 0.350 e. The van der Waals surface area contributed by atoms with Gasteiger partial charge in [0.05, 0.1) is 5.69 Å². The molecule has 1 aromatic carbocycles. The Morgan fingerprint density at radius 2 is 1.96 bits per heavy atom. The van der Waals surface area contributed by atoms with Gasteiger partial charge in [0, 0.05) is 54.3 Å². The predicted molar refractivity (Wildman–Crippen MR) is 101 cm³/mol. The summed E-state index contributed by atoms with van der Waals surface area (Å²) < 4.78 is 1.00. The normalized spacial score (nSPS) is 15.6. The van der Waals surface area contributed by atoms with E-state index in [1.165, 1.54) is 0 Å². The Morgan fingerprint density at radius 1 is 1.12 bits per heavy atom. The van der Waals surface area contributed by atoms with Crippen LogP contribution in [0.4, 0.5) is 0 Å². The lowest BCUT2D eigenvalue weighted by molar-refractivity contribution is 0.0622. The molecule has 0 radical (unpaired) electrons. The van der Waals surface area contributed by atoms with Crippen molar-refractivity contribution in [1.82, 2.24) is 19.8 Å². The van der Waals surface area contributed by atoms with Crippen molar-refractivity contribution in [3.05, 3.63) is 64.5 Å². The van der Waals surface area contributed by atoms with Gasteiger partial charge in [0.25, 0.3) is 5.91 Å². The number of aromatic amines is 1. The monoisotopic (exact) mass is 398 g/mol. The van der Waals surface area contributed by atoms with Crippen molar-refractivity contribution in [2.24, 2.45) is 0 Å². The summed E-state index contributed by atoms with van der Waals surface area (Å²) in [5, 5.41) is 1.06. The second-order valence-electron chi connectivity index (χ2n) is 6.30. The zero-order valence-electron chi connectivity index (χ0n) is 13.8. The number of pyridine rings is 1. The van der Waals surface area contributed by atoms with Crippen molar-refractivity contribution in [1.29, 1.82) is 0 Å². The zero-order chi connectivity index (χ0) is 17.2. The molecule has 1 saturated heterocycles. The van der Waals surface area contributed by atoms with E-state index in [0.717, 1.165) is 53.8 Å². The molecule has 1 fully saturated rings. The van der Waals surface area contributed by atoms with E-state index in [2.05, 4.69) is 30.8 Å². The summed E-state index contributed by atoms with van der Waals surface area (Å²) in [6, 6.07) is 13.9. The third-order valence-electron chi connectivity index (χ3n) is 4.59. The van der Waals surface area contributed by atoms with Crippen LogP contribution in [0.5, 0.6) is 0 Å². The summed E-state index contributed by atoms with van der Waals surface area (Å²) in [4.78, 5) is 24.7. The van der Waals surface area contributed by atoms with E-state index in [9.17, 15) is 4.79 Å². The van der Waals surface area contributed by atoms with Crippen molar-refractivity contribution in [2.75, 3.05) is 26.2 Å². The van der Waals surface area contributed by atoms with Crippen LogP contribution in [0.2, 0.25) is 0 Å². The number of piperazine rings is 1. The zero-order valence-corrected chi connectivity index (χ0v) is 15.4. The number of carbonyl (C=O) groups is 1. The lowest BCUT2D eigenvalue weighted by Crippen LogP contribution is -2.48. The number of benzene rings is 1. The fraction of sp³-hybridized carbons (Fsp3) is 0.263. The molecular formula is C19H19BrN4O. The van der Waals surface area contributed by atoms with Crippen LogP contribution in [0.1, 0.15) is 16.2 Å². The molecule has 6 heteroatoms. The Balaban J connectivity index is 1.40. The number of nitrogens with one attached hydrogen (secondary N) is 1. The van der Waals surface area contributed by atoms with Crippen molar-refractivity contribution in [3.63, 3.8) is 0 Å². The van der Waals surface area contributed by atoms with Gasteiger partial charge in [0.1, 0.15) is 5.69 Å². The van der Waals surface area contributed by atoms with Crippen LogP contribution in [0.25, 0.3) is 10.9 Å². The second-order valence-corrected chi connectivity index (χ2v) is 7.22. The highest BCUT2D eigenvalue weighted by Crippen LogP contribution is 2.21. The summed E-state index contributed by atoms with van der Waals surface area (Å²) >= 11 is 3.46. The minimum atomic E-state index is 0.0739. The number of hydrogen-bond donors (Lipinski definition) is 1. The lowest BCUT2D eigenvalue weighted by atomic mass is 10.2. The number of halogens is 1. The van der Waals surface area contributed by atoms with E-state index in [0.29, 0.717) is 5.69 Å². The molecule has 4 rings (SSSR count). The van der Waals surface area contributed by atoms with E-state index in [1.54, 1.807) is 0 Å². The average molecular weight is 399 g/mol. The van der Waals surface area contributed by atoms with Crippen LogP contribution < -0.4 is 0 Å². The molecule has 1 aliphatic rings. The number of fused-ring (bicyclic) bond motifs is 1. The van der Waals surface area contributed by atoms with E-state index < -0.39 is 0 Å². The quantitative estimate of drug-likeness (QED) is 0.736. The van der Waals surface area contributed by atoms with Gasteiger partial charge in [-0.1, -0.05) is 28.1 Å². The average Bonchev–Trinajstić information content (AvgIpc) is 3.06. The van der Waals surface area contributed by atoms with Crippen LogP contribution >= 0.6 is 15.9 Å². The fourth-order valence-corrected chi connectivity index (χ4v) is 3.58. The van der Waals surface area contributed by atoms with Gasteiger partial charge < -0.3 is 9.88 Å². The molecule has 3 heterocycles. The Morgan fingerprint density at radius 3 is 2.72 bits per heavy atom. The molecule has 1 aliphatic heterocycles. The number of nitrogens with zero attached hydrogens (tertiary/aromatic N) is 3. The molecule has 3 aromatic rings. The van der Waals surface area contributed by atoms with Crippen molar-refractivity contribution in [3.8, 4) is 0 Å². The second kappa shape index (κ2) is 6.98. The first-order valence-electron chi connectivity index (χ1n) is 8.39. The Hall–Kier alpha value is -2.18. The molecule has 0 aliphatic carbocycles. The first-order valence-corrected chi connectivity index (χ1v) is 9.18. The first kappa shape index (κ1) is 16.3. The highest BCUT2D eigenvalue weighted by Gasteiger charge is 2.23. The van der Waals surface area contributed by atoms with Crippen LogP contribution in [-0.2, 0) is 6.54 Å². The van der Waals surface area contributed by atoms with Gasteiger partial charge in [-0.25, -0.2) is 0 Å². The molecule has 0 bridgehead atoms. The van der Waals surface area contributed by atoms with Crippen LogP contribution in [0, 0.1) is 0 Å². The number of carbonyl (C=O) groups excluding carboxylic acids is 1. The molecule has 0 saturated carbocycles. The van der Waals surface area contributed by atoms with Gasteiger partial charge in [-0.2, -0.15) is 0 Å². The lowest BCUT2D eigenvalue weighted by Gasteiger charge is -2.34. The van der Waals surface area contributed by atoms with E-state index >= 15 is 0 Å².